The van der Waals surface area contributed by atoms with Gasteiger partial charge in [0.2, 0.25) is 0 Å². The molecule has 0 spiro atoms. The molecule has 0 radical (unpaired) electrons. The zero-order valence-corrected chi connectivity index (χ0v) is 10.3. The van der Waals surface area contributed by atoms with Crippen LogP contribution in [0, 0.1) is 12.7 Å². The lowest BCUT2D eigenvalue weighted by Crippen LogP contribution is -2.14. The number of nitrogens with one attached hydrogen (secondary N) is 1. The summed E-state index contributed by atoms with van der Waals surface area (Å²) in [5, 5.41) is 2.90. The predicted molar refractivity (Wildman–Crippen MR) is 68.3 cm³/mol. The van der Waals surface area contributed by atoms with Crippen molar-refractivity contribution in [3.63, 3.8) is 0 Å². The van der Waals surface area contributed by atoms with E-state index in [-0.39, 0.29) is 5.56 Å². The first-order chi connectivity index (χ1) is 8.58. The van der Waals surface area contributed by atoms with E-state index in [1.165, 1.54) is 18.3 Å². The summed E-state index contributed by atoms with van der Waals surface area (Å²) >= 11 is 5.74. The maximum Gasteiger partial charge on any atom is 0.258 e. The predicted octanol–water partition coefficient (Wildman–Crippen LogP) is 3.43. The average Bonchev–Trinajstić information content (AvgIpc) is 2.35. The molecule has 3 nitrogen and oxygen atoms in total. The summed E-state index contributed by atoms with van der Waals surface area (Å²) in [5.74, 6) is -1.16. The van der Waals surface area contributed by atoms with Crippen LogP contribution in [0.25, 0.3) is 0 Å². The smallest absolute Gasteiger partial charge is 0.258 e. The van der Waals surface area contributed by atoms with E-state index in [0.717, 1.165) is 11.6 Å². The van der Waals surface area contributed by atoms with E-state index >= 15 is 0 Å². The largest absolute Gasteiger partial charge is 0.320 e. The van der Waals surface area contributed by atoms with Gasteiger partial charge >= 0.3 is 0 Å². The minimum atomic E-state index is -0.613. The van der Waals surface area contributed by atoms with Gasteiger partial charge in [0, 0.05) is 11.2 Å². The third-order valence-electron chi connectivity index (χ3n) is 2.46. The summed E-state index contributed by atoms with van der Waals surface area (Å²) in [6.07, 6.45) is 3.13. The summed E-state index contributed by atoms with van der Waals surface area (Å²) in [7, 11) is 0. The van der Waals surface area contributed by atoms with Crippen LogP contribution in [0.2, 0.25) is 5.02 Å². The highest BCUT2D eigenvalue weighted by Gasteiger charge is 2.13. The van der Waals surface area contributed by atoms with E-state index in [1.807, 2.05) is 6.92 Å². The number of anilines is 1. The first kappa shape index (κ1) is 12.5. The van der Waals surface area contributed by atoms with Crippen LogP contribution in [0.4, 0.5) is 10.1 Å². The highest BCUT2D eigenvalue weighted by atomic mass is 35.5. The first-order valence-electron chi connectivity index (χ1n) is 5.25. The van der Waals surface area contributed by atoms with Crippen LogP contribution in [-0.2, 0) is 0 Å². The molecule has 0 bridgehead atoms. The molecule has 1 aromatic heterocycles. The second kappa shape index (κ2) is 5.14. The quantitative estimate of drug-likeness (QED) is 0.903. The van der Waals surface area contributed by atoms with Crippen molar-refractivity contribution in [2.45, 2.75) is 6.92 Å². The second-order valence-electron chi connectivity index (χ2n) is 3.77. The number of carbonyl (C=O) groups is 1. The number of benzene rings is 1. The van der Waals surface area contributed by atoms with Gasteiger partial charge in [0.25, 0.3) is 5.91 Å². The molecule has 0 atom stereocenters. The van der Waals surface area contributed by atoms with Crippen molar-refractivity contribution in [2.75, 3.05) is 5.32 Å². The van der Waals surface area contributed by atoms with Crippen LogP contribution in [0.1, 0.15) is 15.9 Å². The molecule has 0 fully saturated rings. The van der Waals surface area contributed by atoms with Gasteiger partial charge in [-0.05, 0) is 36.8 Å². The van der Waals surface area contributed by atoms with E-state index in [0.29, 0.717) is 10.7 Å². The summed E-state index contributed by atoms with van der Waals surface area (Å²) in [6, 6.07) is 5.60. The number of aryl methyl sites for hydroxylation is 1. The van der Waals surface area contributed by atoms with E-state index in [4.69, 9.17) is 11.6 Å². The number of aromatic nitrogens is 1. The van der Waals surface area contributed by atoms with Gasteiger partial charge in [0.1, 0.15) is 5.82 Å². The maximum absolute atomic E-state index is 13.5. The normalized spacial score (nSPS) is 10.2. The zero-order valence-electron chi connectivity index (χ0n) is 9.58. The van der Waals surface area contributed by atoms with Gasteiger partial charge in [-0.15, -0.1) is 0 Å². The molecule has 0 aliphatic carbocycles. The molecular formula is C13H10ClFN2O. The fraction of sp³-hybridized carbons (Fsp3) is 0.0769. The molecule has 0 saturated heterocycles. The molecule has 0 aliphatic rings. The van der Waals surface area contributed by atoms with Gasteiger partial charge in [-0.2, -0.15) is 0 Å². The topological polar surface area (TPSA) is 42.0 Å². The Hall–Kier alpha value is -1.94. The molecular weight excluding hydrogens is 255 g/mol. The fourth-order valence-electron chi connectivity index (χ4n) is 1.46. The average molecular weight is 265 g/mol. The van der Waals surface area contributed by atoms with Crippen molar-refractivity contribution < 1.29 is 9.18 Å². The number of carbonyl (C=O) groups excluding carboxylic acids is 1. The van der Waals surface area contributed by atoms with Gasteiger partial charge in [0.05, 0.1) is 17.4 Å². The highest BCUT2D eigenvalue weighted by Crippen LogP contribution is 2.18. The number of pyridine rings is 1. The van der Waals surface area contributed by atoms with Crippen molar-refractivity contribution in [3.05, 3.63) is 58.6 Å². The number of amides is 1. The Morgan fingerprint density at radius 1 is 1.39 bits per heavy atom. The maximum atomic E-state index is 13.5. The molecule has 1 N–H and O–H groups in total. The van der Waals surface area contributed by atoms with Crippen LogP contribution in [0.5, 0.6) is 0 Å². The Morgan fingerprint density at radius 3 is 2.89 bits per heavy atom. The van der Waals surface area contributed by atoms with Gasteiger partial charge in [0.15, 0.2) is 0 Å². The fourth-order valence-corrected chi connectivity index (χ4v) is 1.63. The van der Waals surface area contributed by atoms with Crippen molar-refractivity contribution in [3.8, 4) is 0 Å². The van der Waals surface area contributed by atoms with Crippen molar-refractivity contribution in [1.29, 1.82) is 0 Å². The molecule has 1 aromatic carbocycles. The monoisotopic (exact) mass is 264 g/mol. The molecule has 5 heteroatoms. The lowest BCUT2D eigenvalue weighted by molar-refractivity contribution is 0.102. The number of rotatable bonds is 2. The standard InChI is InChI=1S/C13H10ClFN2O/c1-8-4-5-16-7-12(8)17-13(18)10-6-9(14)2-3-11(10)15/h2-7H,1H3,(H,17,18). The molecule has 2 rings (SSSR count). The lowest BCUT2D eigenvalue weighted by Gasteiger charge is -2.08. The Kier molecular flexibility index (Phi) is 3.58. The molecule has 18 heavy (non-hydrogen) atoms. The third kappa shape index (κ3) is 2.65. The summed E-state index contributed by atoms with van der Waals surface area (Å²) in [4.78, 5) is 15.8. The molecule has 2 aromatic rings. The van der Waals surface area contributed by atoms with Gasteiger partial charge in [-0.25, -0.2) is 4.39 Å². The van der Waals surface area contributed by atoms with E-state index in [1.54, 1.807) is 12.3 Å². The highest BCUT2D eigenvalue weighted by molar-refractivity contribution is 6.31. The van der Waals surface area contributed by atoms with Crippen molar-refractivity contribution >= 4 is 23.2 Å². The van der Waals surface area contributed by atoms with Crippen LogP contribution < -0.4 is 5.32 Å². The van der Waals surface area contributed by atoms with Crippen LogP contribution in [0.3, 0.4) is 0 Å². The molecule has 0 aliphatic heterocycles. The molecule has 1 heterocycles. The molecule has 1 amide bonds. The van der Waals surface area contributed by atoms with E-state index in [2.05, 4.69) is 10.3 Å². The number of hydrogen-bond acceptors (Lipinski definition) is 2. The van der Waals surface area contributed by atoms with Crippen molar-refractivity contribution in [2.24, 2.45) is 0 Å². The molecule has 0 saturated carbocycles. The number of halogens is 2. The molecule has 0 unspecified atom stereocenters. The lowest BCUT2D eigenvalue weighted by atomic mass is 10.2. The Morgan fingerprint density at radius 2 is 2.17 bits per heavy atom. The number of hydrogen-bond donors (Lipinski definition) is 1. The Balaban J connectivity index is 2.28. The van der Waals surface area contributed by atoms with Crippen LogP contribution in [0.15, 0.2) is 36.7 Å². The second-order valence-corrected chi connectivity index (χ2v) is 4.21. The summed E-state index contributed by atoms with van der Waals surface area (Å²) in [5.41, 5.74) is 1.30. The summed E-state index contributed by atoms with van der Waals surface area (Å²) < 4.78 is 13.5. The van der Waals surface area contributed by atoms with Gasteiger partial charge in [-0.1, -0.05) is 11.6 Å². The Bertz CT molecular complexity index is 601. The van der Waals surface area contributed by atoms with Crippen LogP contribution >= 0.6 is 11.6 Å². The SMILES string of the molecule is Cc1ccncc1NC(=O)c1cc(Cl)ccc1F. The van der Waals surface area contributed by atoms with Crippen molar-refractivity contribution in [1.82, 2.24) is 4.98 Å². The Labute approximate surface area is 109 Å². The summed E-state index contributed by atoms with van der Waals surface area (Å²) in [6.45, 7) is 1.83. The minimum Gasteiger partial charge on any atom is -0.320 e. The zero-order chi connectivity index (χ0) is 13.1. The van der Waals surface area contributed by atoms with Crippen LogP contribution in [-0.4, -0.2) is 10.9 Å². The van der Waals surface area contributed by atoms with Gasteiger partial charge < -0.3 is 5.32 Å². The van der Waals surface area contributed by atoms with Gasteiger partial charge in [-0.3, -0.25) is 9.78 Å². The number of nitrogens with zero attached hydrogens (tertiary/aromatic N) is 1. The minimum absolute atomic E-state index is 0.0919. The molecule has 92 valence electrons. The first-order valence-corrected chi connectivity index (χ1v) is 5.63. The third-order valence-corrected chi connectivity index (χ3v) is 2.70. The van der Waals surface area contributed by atoms with E-state index < -0.39 is 11.7 Å². The van der Waals surface area contributed by atoms with E-state index in [9.17, 15) is 9.18 Å².